The van der Waals surface area contributed by atoms with E-state index in [0.29, 0.717) is 44.7 Å². The number of benzene rings is 2. The highest BCUT2D eigenvalue weighted by atomic mass is 19.4. The van der Waals surface area contributed by atoms with Gasteiger partial charge in [0.15, 0.2) is 0 Å². The molecule has 0 saturated carbocycles. The molecular formula is C24H26F3N3O2. The van der Waals surface area contributed by atoms with Crippen LogP contribution in [0.3, 0.4) is 0 Å². The quantitative estimate of drug-likeness (QED) is 0.709. The van der Waals surface area contributed by atoms with Gasteiger partial charge in [0.25, 0.3) is 5.91 Å². The second-order valence-corrected chi connectivity index (χ2v) is 8.31. The summed E-state index contributed by atoms with van der Waals surface area (Å²) in [5.41, 5.74) is 1.60. The molecule has 5 nitrogen and oxygen atoms in total. The molecule has 2 aromatic carbocycles. The van der Waals surface area contributed by atoms with Gasteiger partial charge in [0.05, 0.1) is 5.56 Å². The average molecular weight is 445 g/mol. The van der Waals surface area contributed by atoms with Gasteiger partial charge in [-0.1, -0.05) is 12.1 Å². The number of anilines is 1. The van der Waals surface area contributed by atoms with Gasteiger partial charge in [-0.05, 0) is 54.8 Å². The van der Waals surface area contributed by atoms with Crippen LogP contribution in [-0.4, -0.2) is 54.3 Å². The lowest BCUT2D eigenvalue weighted by Gasteiger charge is -2.23. The maximum atomic E-state index is 13.0. The van der Waals surface area contributed by atoms with Crippen molar-refractivity contribution in [1.82, 2.24) is 9.80 Å². The Morgan fingerprint density at radius 1 is 0.844 bits per heavy atom. The number of carbonyl (C=O) groups excluding carboxylic acids is 2. The summed E-state index contributed by atoms with van der Waals surface area (Å²) >= 11 is 0. The van der Waals surface area contributed by atoms with E-state index >= 15 is 0 Å². The summed E-state index contributed by atoms with van der Waals surface area (Å²) in [6, 6.07) is 12.5. The Morgan fingerprint density at radius 2 is 1.56 bits per heavy atom. The second-order valence-electron chi connectivity index (χ2n) is 8.31. The minimum Gasteiger partial charge on any atom is -0.337 e. The van der Waals surface area contributed by atoms with Crippen molar-refractivity contribution in [2.45, 2.75) is 32.0 Å². The lowest BCUT2D eigenvalue weighted by molar-refractivity contribution is -0.137. The topological polar surface area (TPSA) is 43.9 Å². The molecular weight excluding hydrogens is 419 g/mol. The summed E-state index contributed by atoms with van der Waals surface area (Å²) in [4.78, 5) is 30.6. The Labute approximate surface area is 185 Å². The second kappa shape index (κ2) is 9.32. The third kappa shape index (κ3) is 5.12. The number of rotatable bonds is 4. The van der Waals surface area contributed by atoms with E-state index in [0.717, 1.165) is 42.8 Å². The lowest BCUT2D eigenvalue weighted by atomic mass is 10.1. The van der Waals surface area contributed by atoms with Crippen LogP contribution in [0.4, 0.5) is 18.9 Å². The van der Waals surface area contributed by atoms with Crippen LogP contribution in [-0.2, 0) is 17.5 Å². The lowest BCUT2D eigenvalue weighted by Crippen LogP contribution is -2.35. The fourth-order valence-corrected chi connectivity index (χ4v) is 4.28. The standard InChI is InChI=1S/C24H26F3N3O2/c25-24(26,27)20-8-4-18(5-9-20)17-28-12-2-13-29(16-15-28)23(32)19-6-10-21(11-7-19)30-14-1-3-22(30)31/h4-11H,1-3,12-17H2. The summed E-state index contributed by atoms with van der Waals surface area (Å²) in [7, 11) is 0. The van der Waals surface area contributed by atoms with Gasteiger partial charge >= 0.3 is 6.18 Å². The van der Waals surface area contributed by atoms with E-state index in [2.05, 4.69) is 4.90 Å². The Hall–Kier alpha value is -2.87. The molecule has 2 amide bonds. The monoisotopic (exact) mass is 445 g/mol. The van der Waals surface area contributed by atoms with Crippen molar-refractivity contribution in [1.29, 1.82) is 0 Å². The van der Waals surface area contributed by atoms with Crippen molar-refractivity contribution < 1.29 is 22.8 Å². The van der Waals surface area contributed by atoms with E-state index in [9.17, 15) is 22.8 Å². The van der Waals surface area contributed by atoms with Gasteiger partial charge in [0.2, 0.25) is 5.91 Å². The van der Waals surface area contributed by atoms with Crippen molar-refractivity contribution in [3.8, 4) is 0 Å². The minimum atomic E-state index is -4.33. The van der Waals surface area contributed by atoms with E-state index in [1.807, 2.05) is 17.0 Å². The molecule has 2 saturated heterocycles. The zero-order valence-electron chi connectivity index (χ0n) is 17.8. The summed E-state index contributed by atoms with van der Waals surface area (Å²) in [5.74, 6) is 0.0745. The molecule has 2 aliphatic rings. The normalized spacial score (nSPS) is 18.2. The molecule has 0 N–H and O–H groups in total. The van der Waals surface area contributed by atoms with Crippen LogP contribution >= 0.6 is 0 Å². The van der Waals surface area contributed by atoms with Gasteiger partial charge in [0.1, 0.15) is 0 Å². The molecule has 8 heteroatoms. The van der Waals surface area contributed by atoms with E-state index in [4.69, 9.17) is 0 Å². The molecule has 32 heavy (non-hydrogen) atoms. The average Bonchev–Trinajstić information content (AvgIpc) is 3.07. The van der Waals surface area contributed by atoms with Crippen molar-refractivity contribution in [2.75, 3.05) is 37.6 Å². The van der Waals surface area contributed by atoms with E-state index < -0.39 is 11.7 Å². The molecule has 2 fully saturated rings. The molecule has 0 spiro atoms. The summed E-state index contributed by atoms with van der Waals surface area (Å²) in [6.45, 7) is 3.90. The molecule has 0 unspecified atom stereocenters. The Morgan fingerprint density at radius 3 is 2.19 bits per heavy atom. The maximum absolute atomic E-state index is 13.0. The third-order valence-corrected chi connectivity index (χ3v) is 6.06. The van der Waals surface area contributed by atoms with Gasteiger partial charge in [0, 0.05) is 56.9 Å². The number of halogens is 3. The molecule has 2 aliphatic heterocycles. The van der Waals surface area contributed by atoms with Gasteiger partial charge in [-0.2, -0.15) is 13.2 Å². The van der Waals surface area contributed by atoms with Crippen molar-refractivity contribution >= 4 is 17.5 Å². The fraction of sp³-hybridized carbons (Fsp3) is 0.417. The van der Waals surface area contributed by atoms with E-state index in [1.54, 1.807) is 17.0 Å². The molecule has 0 atom stereocenters. The van der Waals surface area contributed by atoms with Crippen LogP contribution in [0.1, 0.15) is 40.7 Å². The summed E-state index contributed by atoms with van der Waals surface area (Å²) in [6.07, 6.45) is -2.11. The molecule has 4 rings (SSSR count). The van der Waals surface area contributed by atoms with Crippen LogP contribution < -0.4 is 4.90 Å². The Balaban J connectivity index is 1.33. The van der Waals surface area contributed by atoms with Crippen LogP contribution in [0.15, 0.2) is 48.5 Å². The van der Waals surface area contributed by atoms with Crippen LogP contribution in [0.2, 0.25) is 0 Å². The SMILES string of the molecule is O=C(c1ccc(N2CCCC2=O)cc1)N1CCCN(Cc2ccc(C(F)(F)F)cc2)CC1. The highest BCUT2D eigenvalue weighted by Gasteiger charge is 2.30. The molecule has 170 valence electrons. The number of carbonyl (C=O) groups is 2. The van der Waals surface area contributed by atoms with E-state index in [1.165, 1.54) is 12.1 Å². The largest absolute Gasteiger partial charge is 0.416 e. The molecule has 2 aromatic rings. The zero-order chi connectivity index (χ0) is 22.7. The number of hydrogen-bond donors (Lipinski definition) is 0. The van der Waals surface area contributed by atoms with Crippen LogP contribution in [0.25, 0.3) is 0 Å². The number of amides is 2. The van der Waals surface area contributed by atoms with Crippen molar-refractivity contribution in [3.05, 3.63) is 65.2 Å². The first-order valence-electron chi connectivity index (χ1n) is 10.9. The minimum absolute atomic E-state index is 0.0410. The summed E-state index contributed by atoms with van der Waals surface area (Å²) in [5, 5.41) is 0. The predicted octanol–water partition coefficient (Wildman–Crippen LogP) is 4.18. The first kappa shape index (κ1) is 22.3. The first-order valence-corrected chi connectivity index (χ1v) is 10.9. The van der Waals surface area contributed by atoms with Crippen LogP contribution in [0, 0.1) is 0 Å². The fourth-order valence-electron chi connectivity index (χ4n) is 4.28. The van der Waals surface area contributed by atoms with Gasteiger partial charge in [-0.3, -0.25) is 14.5 Å². The first-order chi connectivity index (χ1) is 15.3. The zero-order valence-corrected chi connectivity index (χ0v) is 17.8. The number of hydrogen-bond acceptors (Lipinski definition) is 3. The molecule has 0 aromatic heterocycles. The van der Waals surface area contributed by atoms with Gasteiger partial charge in [-0.15, -0.1) is 0 Å². The predicted molar refractivity (Wildman–Crippen MR) is 115 cm³/mol. The summed E-state index contributed by atoms with van der Waals surface area (Å²) < 4.78 is 38.2. The Kier molecular flexibility index (Phi) is 6.50. The number of alkyl halides is 3. The van der Waals surface area contributed by atoms with Crippen molar-refractivity contribution in [2.24, 2.45) is 0 Å². The molecule has 0 aliphatic carbocycles. The molecule has 0 bridgehead atoms. The van der Waals surface area contributed by atoms with E-state index in [-0.39, 0.29) is 11.8 Å². The number of nitrogens with zero attached hydrogens (tertiary/aromatic N) is 3. The van der Waals surface area contributed by atoms with Crippen molar-refractivity contribution in [3.63, 3.8) is 0 Å². The Bertz CT molecular complexity index is 958. The molecule has 0 radical (unpaired) electrons. The molecule has 2 heterocycles. The maximum Gasteiger partial charge on any atom is 0.416 e. The highest BCUT2D eigenvalue weighted by Crippen LogP contribution is 2.29. The van der Waals surface area contributed by atoms with Gasteiger partial charge in [-0.25, -0.2) is 0 Å². The van der Waals surface area contributed by atoms with Crippen LogP contribution in [0.5, 0.6) is 0 Å². The van der Waals surface area contributed by atoms with Gasteiger partial charge < -0.3 is 9.80 Å². The highest BCUT2D eigenvalue weighted by molar-refractivity contribution is 5.97. The smallest absolute Gasteiger partial charge is 0.337 e. The third-order valence-electron chi connectivity index (χ3n) is 6.06.